The summed E-state index contributed by atoms with van der Waals surface area (Å²) in [7, 11) is 2.15. The van der Waals surface area contributed by atoms with E-state index in [9.17, 15) is 0 Å². The lowest BCUT2D eigenvalue weighted by molar-refractivity contribution is 0.0947. The van der Waals surface area contributed by atoms with E-state index in [1.165, 1.54) is 0 Å². The van der Waals surface area contributed by atoms with Gasteiger partial charge in [-0.3, -0.25) is 4.90 Å². The number of terminal acetylenes is 1. The Morgan fingerprint density at radius 2 is 1.50 bits per heavy atom. The van der Waals surface area contributed by atoms with Gasteiger partial charge in [-0.15, -0.1) is 6.42 Å². The summed E-state index contributed by atoms with van der Waals surface area (Å²) in [6, 6.07) is 0. The van der Waals surface area contributed by atoms with Gasteiger partial charge in [0.15, 0.2) is 0 Å². The van der Waals surface area contributed by atoms with E-state index in [0.717, 1.165) is 26.2 Å². The zero-order chi connectivity index (χ0) is 11.2. The molecule has 0 spiro atoms. The van der Waals surface area contributed by atoms with E-state index in [4.69, 9.17) is 6.42 Å². The largest absolute Gasteiger partial charge is 0.304 e. The molecule has 0 aliphatic carbocycles. The maximum atomic E-state index is 5.47. The first-order valence-electron chi connectivity index (χ1n) is 5.47. The first-order valence-corrected chi connectivity index (χ1v) is 5.47. The van der Waals surface area contributed by atoms with Crippen molar-refractivity contribution in [1.82, 2.24) is 9.80 Å². The van der Waals surface area contributed by atoms with Crippen LogP contribution in [0.15, 0.2) is 0 Å². The highest BCUT2D eigenvalue weighted by atomic mass is 15.3. The lowest BCUT2D eigenvalue weighted by atomic mass is 10.0. The first-order chi connectivity index (χ1) is 6.56. The smallest absolute Gasteiger partial charge is 0.0767 e. The number of hydrogen-bond donors (Lipinski definition) is 0. The maximum absolute atomic E-state index is 5.47. The fourth-order valence-corrected chi connectivity index (χ4v) is 1.46. The van der Waals surface area contributed by atoms with Crippen LogP contribution in [-0.4, -0.2) is 48.6 Å². The lowest BCUT2D eigenvalue weighted by Gasteiger charge is -2.40. The molecule has 1 aliphatic rings. The molecule has 0 aromatic heterocycles. The molecule has 0 bridgehead atoms. The van der Waals surface area contributed by atoms with Gasteiger partial charge in [0.05, 0.1) is 5.54 Å². The van der Waals surface area contributed by atoms with Crippen LogP contribution >= 0.6 is 0 Å². The fraction of sp³-hybridized carbons (Fsp3) is 0.833. The second kappa shape index (κ2) is 6.06. The monoisotopic (exact) mass is 196 g/mol. The number of rotatable bonds is 1. The molecule has 14 heavy (non-hydrogen) atoms. The Kier molecular flexibility index (Phi) is 5.83. The third-order valence-corrected chi connectivity index (χ3v) is 2.65. The zero-order valence-electron chi connectivity index (χ0n) is 10.3. The molecule has 0 radical (unpaired) electrons. The minimum absolute atomic E-state index is 0.0682. The molecular formula is C12H24N2. The van der Waals surface area contributed by atoms with Crippen LogP contribution in [0.1, 0.15) is 27.7 Å². The van der Waals surface area contributed by atoms with Crippen LogP contribution in [0.25, 0.3) is 0 Å². The van der Waals surface area contributed by atoms with E-state index in [2.05, 4.69) is 36.6 Å². The van der Waals surface area contributed by atoms with E-state index in [-0.39, 0.29) is 5.54 Å². The van der Waals surface area contributed by atoms with Gasteiger partial charge in [0, 0.05) is 26.2 Å². The van der Waals surface area contributed by atoms with E-state index in [0.29, 0.717) is 0 Å². The summed E-state index contributed by atoms with van der Waals surface area (Å²) < 4.78 is 0. The van der Waals surface area contributed by atoms with Gasteiger partial charge < -0.3 is 4.90 Å². The Morgan fingerprint density at radius 3 is 1.86 bits per heavy atom. The van der Waals surface area contributed by atoms with Crippen LogP contribution in [0, 0.1) is 12.3 Å². The molecule has 1 fully saturated rings. The van der Waals surface area contributed by atoms with E-state index < -0.39 is 0 Å². The summed E-state index contributed by atoms with van der Waals surface area (Å²) in [5.41, 5.74) is -0.0682. The van der Waals surface area contributed by atoms with Gasteiger partial charge in [0.25, 0.3) is 0 Å². The van der Waals surface area contributed by atoms with Crippen LogP contribution in [0.3, 0.4) is 0 Å². The van der Waals surface area contributed by atoms with Gasteiger partial charge in [-0.05, 0) is 20.9 Å². The SMILES string of the molecule is C#CC(C)(C)N1CCN(C)CC1.CC. The minimum Gasteiger partial charge on any atom is -0.304 e. The number of hydrogen-bond acceptors (Lipinski definition) is 2. The normalized spacial score (nSPS) is 19.4. The highest BCUT2D eigenvalue weighted by Crippen LogP contribution is 2.14. The molecule has 0 saturated carbocycles. The molecule has 0 aromatic rings. The number of piperazine rings is 1. The van der Waals surface area contributed by atoms with Crippen molar-refractivity contribution in [2.75, 3.05) is 33.2 Å². The highest BCUT2D eigenvalue weighted by molar-refractivity contribution is 5.09. The predicted octanol–water partition coefficient (Wildman–Crippen LogP) is 1.67. The second-order valence-electron chi connectivity index (χ2n) is 3.99. The number of nitrogens with zero attached hydrogens (tertiary/aromatic N) is 2. The van der Waals surface area contributed by atoms with Gasteiger partial charge in [-0.25, -0.2) is 0 Å². The molecule has 1 aliphatic heterocycles. The molecule has 1 saturated heterocycles. The Morgan fingerprint density at radius 1 is 1.07 bits per heavy atom. The molecule has 0 amide bonds. The minimum atomic E-state index is -0.0682. The van der Waals surface area contributed by atoms with Gasteiger partial charge in [-0.1, -0.05) is 19.8 Å². The van der Waals surface area contributed by atoms with Crippen molar-refractivity contribution in [3.8, 4) is 12.3 Å². The maximum Gasteiger partial charge on any atom is 0.0767 e. The number of likely N-dealkylation sites (N-methyl/N-ethyl adjacent to an activating group) is 1. The molecule has 2 heteroatoms. The molecular weight excluding hydrogens is 172 g/mol. The molecule has 1 heterocycles. The molecule has 1 rings (SSSR count). The lowest BCUT2D eigenvalue weighted by Crippen LogP contribution is -2.53. The fourth-order valence-electron chi connectivity index (χ4n) is 1.46. The second-order valence-corrected chi connectivity index (χ2v) is 3.99. The Hall–Kier alpha value is -0.520. The predicted molar refractivity (Wildman–Crippen MR) is 63.3 cm³/mol. The van der Waals surface area contributed by atoms with Gasteiger partial charge >= 0.3 is 0 Å². The Labute approximate surface area is 89.3 Å². The summed E-state index contributed by atoms with van der Waals surface area (Å²) in [6.07, 6.45) is 5.47. The summed E-state index contributed by atoms with van der Waals surface area (Å²) in [6.45, 7) is 12.7. The van der Waals surface area contributed by atoms with Crippen molar-refractivity contribution >= 4 is 0 Å². The summed E-state index contributed by atoms with van der Waals surface area (Å²) >= 11 is 0. The standard InChI is InChI=1S/C10H18N2.C2H6/c1-5-10(2,3)12-8-6-11(4)7-9-12;1-2/h1H,6-9H2,2-4H3;1-2H3. The van der Waals surface area contributed by atoms with E-state index >= 15 is 0 Å². The van der Waals surface area contributed by atoms with Crippen molar-refractivity contribution in [3.05, 3.63) is 0 Å². The summed E-state index contributed by atoms with van der Waals surface area (Å²) in [5, 5.41) is 0. The average Bonchev–Trinajstić information content (AvgIpc) is 2.21. The van der Waals surface area contributed by atoms with Crippen LogP contribution < -0.4 is 0 Å². The summed E-state index contributed by atoms with van der Waals surface area (Å²) in [4.78, 5) is 4.70. The average molecular weight is 196 g/mol. The molecule has 0 unspecified atom stereocenters. The first kappa shape index (κ1) is 13.5. The van der Waals surface area contributed by atoms with Gasteiger partial charge in [-0.2, -0.15) is 0 Å². The van der Waals surface area contributed by atoms with Crippen LogP contribution in [-0.2, 0) is 0 Å². The van der Waals surface area contributed by atoms with Gasteiger partial charge in [0.1, 0.15) is 0 Å². The van der Waals surface area contributed by atoms with Crippen molar-refractivity contribution < 1.29 is 0 Å². The van der Waals surface area contributed by atoms with Crippen molar-refractivity contribution in [2.24, 2.45) is 0 Å². The van der Waals surface area contributed by atoms with Crippen LogP contribution in [0.4, 0.5) is 0 Å². The third-order valence-electron chi connectivity index (χ3n) is 2.65. The van der Waals surface area contributed by atoms with Crippen LogP contribution in [0.2, 0.25) is 0 Å². The van der Waals surface area contributed by atoms with E-state index in [1.807, 2.05) is 13.8 Å². The summed E-state index contributed by atoms with van der Waals surface area (Å²) in [5.74, 6) is 2.83. The molecule has 2 nitrogen and oxygen atoms in total. The third kappa shape index (κ3) is 3.69. The zero-order valence-corrected chi connectivity index (χ0v) is 10.3. The van der Waals surface area contributed by atoms with E-state index in [1.54, 1.807) is 0 Å². The van der Waals surface area contributed by atoms with Crippen molar-refractivity contribution in [1.29, 1.82) is 0 Å². The quantitative estimate of drug-likeness (QED) is 0.589. The topological polar surface area (TPSA) is 6.48 Å². The molecule has 0 atom stereocenters. The Balaban J connectivity index is 0.000000791. The van der Waals surface area contributed by atoms with Gasteiger partial charge in [0.2, 0.25) is 0 Å². The van der Waals surface area contributed by atoms with Crippen molar-refractivity contribution in [3.63, 3.8) is 0 Å². The highest BCUT2D eigenvalue weighted by Gasteiger charge is 2.26. The Bertz CT molecular complexity index is 183. The van der Waals surface area contributed by atoms with Crippen molar-refractivity contribution in [2.45, 2.75) is 33.2 Å². The molecule has 0 aromatic carbocycles. The molecule has 0 N–H and O–H groups in total. The van der Waals surface area contributed by atoms with Crippen LogP contribution in [0.5, 0.6) is 0 Å². The molecule has 82 valence electrons.